The summed E-state index contributed by atoms with van der Waals surface area (Å²) in [4.78, 5) is 21.0. The van der Waals surface area contributed by atoms with Crippen molar-refractivity contribution in [1.82, 2.24) is 9.97 Å². The molecule has 0 aliphatic rings. The minimum absolute atomic E-state index is 0.212. The number of nitrogens with zero attached hydrogens (tertiary/aromatic N) is 2. The maximum absolute atomic E-state index is 11.2. The first kappa shape index (κ1) is 16.1. The van der Waals surface area contributed by atoms with Gasteiger partial charge in [-0.25, -0.2) is 9.97 Å². The van der Waals surface area contributed by atoms with Crippen molar-refractivity contribution in [1.29, 1.82) is 0 Å². The van der Waals surface area contributed by atoms with Gasteiger partial charge in [-0.3, -0.25) is 4.79 Å². The SMILES string of the molecule is CCc1ccc(-c2csc3ncnc(SCCC(C)=O)c23)cc1. The number of ketones is 1. The zero-order chi connectivity index (χ0) is 16.2. The van der Waals surface area contributed by atoms with Crippen LogP contribution in [0.5, 0.6) is 0 Å². The second kappa shape index (κ2) is 7.23. The first-order valence-corrected chi connectivity index (χ1v) is 9.49. The number of thiophene rings is 1. The highest BCUT2D eigenvalue weighted by atomic mass is 32.2. The summed E-state index contributed by atoms with van der Waals surface area (Å²) < 4.78 is 0. The van der Waals surface area contributed by atoms with E-state index in [1.54, 1.807) is 36.3 Å². The molecule has 0 saturated heterocycles. The molecule has 1 aromatic carbocycles. The van der Waals surface area contributed by atoms with E-state index in [0.29, 0.717) is 6.42 Å². The molecule has 0 fully saturated rings. The molecular weight excluding hydrogens is 324 g/mol. The number of carbonyl (C=O) groups excluding carboxylic acids is 1. The number of fused-ring (bicyclic) bond motifs is 1. The lowest BCUT2D eigenvalue weighted by Crippen LogP contribution is -1.93. The van der Waals surface area contributed by atoms with E-state index in [1.165, 1.54) is 16.7 Å². The third-order valence-electron chi connectivity index (χ3n) is 3.70. The fourth-order valence-electron chi connectivity index (χ4n) is 2.38. The molecule has 0 bridgehead atoms. The number of Topliss-reactive ketones (excluding diaryl/α,β-unsaturated/α-hetero) is 1. The van der Waals surface area contributed by atoms with Crippen LogP contribution in [0, 0.1) is 0 Å². The number of aromatic nitrogens is 2. The van der Waals surface area contributed by atoms with Crippen molar-refractivity contribution < 1.29 is 4.79 Å². The van der Waals surface area contributed by atoms with Gasteiger partial charge in [-0.1, -0.05) is 31.2 Å². The lowest BCUT2D eigenvalue weighted by molar-refractivity contribution is -0.116. The van der Waals surface area contributed by atoms with E-state index < -0.39 is 0 Å². The molecule has 0 radical (unpaired) electrons. The molecule has 2 heterocycles. The lowest BCUT2D eigenvalue weighted by atomic mass is 10.0. The molecule has 0 saturated carbocycles. The average Bonchev–Trinajstić information content (AvgIpc) is 2.99. The van der Waals surface area contributed by atoms with E-state index in [-0.39, 0.29) is 5.78 Å². The number of aryl methyl sites for hydroxylation is 1. The molecule has 2 aromatic heterocycles. The fourth-order valence-corrected chi connectivity index (χ4v) is 4.42. The van der Waals surface area contributed by atoms with Crippen molar-refractivity contribution in [2.24, 2.45) is 0 Å². The smallest absolute Gasteiger partial charge is 0.130 e. The Labute approximate surface area is 144 Å². The molecule has 118 valence electrons. The minimum atomic E-state index is 0.212. The third kappa shape index (κ3) is 3.62. The Morgan fingerprint density at radius 1 is 1.22 bits per heavy atom. The lowest BCUT2D eigenvalue weighted by Gasteiger charge is -2.05. The topological polar surface area (TPSA) is 42.9 Å². The molecule has 3 nitrogen and oxygen atoms in total. The summed E-state index contributed by atoms with van der Waals surface area (Å²) in [7, 11) is 0. The third-order valence-corrected chi connectivity index (χ3v) is 5.58. The van der Waals surface area contributed by atoms with E-state index >= 15 is 0 Å². The number of hydrogen-bond donors (Lipinski definition) is 0. The molecule has 0 aliphatic carbocycles. The Kier molecular flexibility index (Phi) is 5.08. The van der Waals surface area contributed by atoms with Crippen molar-refractivity contribution in [3.05, 3.63) is 41.5 Å². The van der Waals surface area contributed by atoms with Crippen molar-refractivity contribution in [2.45, 2.75) is 31.7 Å². The fraction of sp³-hybridized carbons (Fsp3) is 0.278. The Morgan fingerprint density at radius 3 is 2.70 bits per heavy atom. The predicted octanol–water partition coefficient (Wildman–Crippen LogP) is 4.99. The Bertz CT molecular complexity index is 825. The Hall–Kier alpha value is -1.72. The Balaban J connectivity index is 1.98. The van der Waals surface area contributed by atoms with E-state index in [1.807, 2.05) is 0 Å². The first-order valence-electron chi connectivity index (χ1n) is 7.62. The predicted molar refractivity (Wildman–Crippen MR) is 98.3 cm³/mol. The summed E-state index contributed by atoms with van der Waals surface area (Å²) in [6, 6.07) is 8.67. The van der Waals surface area contributed by atoms with Gasteiger partial charge in [0.05, 0.1) is 5.39 Å². The van der Waals surface area contributed by atoms with Crippen LogP contribution in [-0.4, -0.2) is 21.5 Å². The highest BCUT2D eigenvalue weighted by molar-refractivity contribution is 7.99. The van der Waals surface area contributed by atoms with Gasteiger partial charge in [0.1, 0.15) is 22.0 Å². The van der Waals surface area contributed by atoms with Crippen LogP contribution in [0.3, 0.4) is 0 Å². The van der Waals surface area contributed by atoms with E-state index in [4.69, 9.17) is 0 Å². The molecule has 0 aliphatic heterocycles. The zero-order valence-electron chi connectivity index (χ0n) is 13.2. The van der Waals surface area contributed by atoms with Crippen LogP contribution in [-0.2, 0) is 11.2 Å². The summed E-state index contributed by atoms with van der Waals surface area (Å²) in [5, 5.41) is 4.22. The van der Waals surface area contributed by atoms with Crippen molar-refractivity contribution in [2.75, 3.05) is 5.75 Å². The van der Waals surface area contributed by atoms with E-state index in [2.05, 4.69) is 46.5 Å². The quantitative estimate of drug-likeness (QED) is 0.467. The van der Waals surface area contributed by atoms with Crippen LogP contribution < -0.4 is 0 Å². The van der Waals surface area contributed by atoms with Crippen molar-refractivity contribution in [3.63, 3.8) is 0 Å². The second-order valence-corrected chi connectivity index (χ2v) is 7.30. The maximum atomic E-state index is 11.2. The van der Waals surface area contributed by atoms with Gasteiger partial charge in [0.15, 0.2) is 0 Å². The van der Waals surface area contributed by atoms with Gasteiger partial charge >= 0.3 is 0 Å². The molecule has 3 rings (SSSR count). The number of thioether (sulfide) groups is 1. The summed E-state index contributed by atoms with van der Waals surface area (Å²) in [6.07, 6.45) is 3.22. The molecule has 0 spiro atoms. The van der Waals surface area contributed by atoms with Gasteiger partial charge in [0.25, 0.3) is 0 Å². The Morgan fingerprint density at radius 2 is 2.00 bits per heavy atom. The standard InChI is InChI=1S/C18H18N2OS2/c1-3-13-4-6-14(7-5-13)15-10-23-18-16(15)17(19-11-20-18)22-9-8-12(2)21/h4-7,10-11H,3,8-9H2,1-2H3. The number of hydrogen-bond acceptors (Lipinski definition) is 5. The van der Waals surface area contributed by atoms with Crippen LogP contribution >= 0.6 is 23.1 Å². The van der Waals surface area contributed by atoms with Gasteiger partial charge in [0, 0.05) is 23.1 Å². The maximum Gasteiger partial charge on any atom is 0.130 e. The van der Waals surface area contributed by atoms with Gasteiger partial charge in [-0.15, -0.1) is 23.1 Å². The van der Waals surface area contributed by atoms with Crippen molar-refractivity contribution >= 4 is 39.1 Å². The summed E-state index contributed by atoms with van der Waals surface area (Å²) >= 11 is 3.28. The highest BCUT2D eigenvalue weighted by Crippen LogP contribution is 2.38. The summed E-state index contributed by atoms with van der Waals surface area (Å²) in [5.41, 5.74) is 3.70. The van der Waals surface area contributed by atoms with Gasteiger partial charge in [-0.2, -0.15) is 0 Å². The zero-order valence-corrected chi connectivity index (χ0v) is 14.8. The molecule has 5 heteroatoms. The molecular formula is C18H18N2OS2. The normalized spacial score (nSPS) is 11.0. The van der Waals surface area contributed by atoms with Gasteiger partial charge in [-0.05, 0) is 24.5 Å². The largest absolute Gasteiger partial charge is 0.300 e. The monoisotopic (exact) mass is 342 g/mol. The number of benzene rings is 1. The molecule has 0 atom stereocenters. The summed E-state index contributed by atoms with van der Waals surface area (Å²) in [6.45, 7) is 3.79. The first-order chi connectivity index (χ1) is 11.2. The molecule has 0 amide bonds. The van der Waals surface area contributed by atoms with Crippen LogP contribution in [0.1, 0.15) is 25.8 Å². The van der Waals surface area contributed by atoms with E-state index in [0.717, 1.165) is 27.4 Å². The van der Waals surface area contributed by atoms with Gasteiger partial charge < -0.3 is 0 Å². The van der Waals surface area contributed by atoms with Crippen LogP contribution in [0.2, 0.25) is 0 Å². The average molecular weight is 342 g/mol. The van der Waals surface area contributed by atoms with Crippen molar-refractivity contribution in [3.8, 4) is 11.1 Å². The second-order valence-electron chi connectivity index (χ2n) is 5.36. The molecule has 23 heavy (non-hydrogen) atoms. The highest BCUT2D eigenvalue weighted by Gasteiger charge is 2.13. The molecule has 0 N–H and O–H groups in total. The number of carbonyl (C=O) groups is 1. The van der Waals surface area contributed by atoms with Crippen LogP contribution in [0.15, 0.2) is 41.0 Å². The van der Waals surface area contributed by atoms with E-state index in [9.17, 15) is 4.79 Å². The summed E-state index contributed by atoms with van der Waals surface area (Å²) in [5.74, 6) is 0.967. The molecule has 3 aromatic rings. The minimum Gasteiger partial charge on any atom is -0.300 e. The number of rotatable bonds is 6. The van der Waals surface area contributed by atoms with Crippen LogP contribution in [0.4, 0.5) is 0 Å². The van der Waals surface area contributed by atoms with Gasteiger partial charge in [0.2, 0.25) is 0 Å². The molecule has 0 unspecified atom stereocenters. The van der Waals surface area contributed by atoms with Crippen LogP contribution in [0.25, 0.3) is 21.3 Å².